The highest BCUT2D eigenvalue weighted by molar-refractivity contribution is 6.01. The van der Waals surface area contributed by atoms with Gasteiger partial charge in [-0.05, 0) is 30.5 Å². The second-order valence-corrected chi connectivity index (χ2v) is 6.67. The number of urea groups is 1. The van der Waals surface area contributed by atoms with Gasteiger partial charge in [-0.3, -0.25) is 9.59 Å². The van der Waals surface area contributed by atoms with E-state index in [4.69, 9.17) is 4.74 Å². The quantitative estimate of drug-likeness (QED) is 0.706. The van der Waals surface area contributed by atoms with Crippen molar-refractivity contribution in [1.29, 1.82) is 0 Å². The second kappa shape index (κ2) is 9.73. The van der Waals surface area contributed by atoms with E-state index in [0.29, 0.717) is 18.7 Å². The third kappa shape index (κ3) is 5.13. The van der Waals surface area contributed by atoms with Crippen LogP contribution in [0.25, 0.3) is 0 Å². The Morgan fingerprint density at radius 1 is 1.07 bits per heavy atom. The number of para-hydroxylation sites is 1. The molecule has 1 atom stereocenters. The molecule has 3 amide bonds. The van der Waals surface area contributed by atoms with E-state index in [0.717, 1.165) is 17.7 Å². The van der Waals surface area contributed by atoms with Crippen molar-refractivity contribution in [3.05, 3.63) is 65.7 Å². The first-order chi connectivity index (χ1) is 14.1. The third-order valence-corrected chi connectivity index (χ3v) is 4.73. The summed E-state index contributed by atoms with van der Waals surface area (Å²) in [7, 11) is 0. The van der Waals surface area contributed by atoms with Gasteiger partial charge in [-0.2, -0.15) is 0 Å². The third-order valence-electron chi connectivity index (χ3n) is 4.73. The van der Waals surface area contributed by atoms with Crippen LogP contribution < -0.4 is 15.5 Å². The number of amides is 3. The van der Waals surface area contributed by atoms with Gasteiger partial charge in [0.1, 0.15) is 6.04 Å². The Balaban J connectivity index is 1.70. The molecule has 0 saturated heterocycles. The van der Waals surface area contributed by atoms with E-state index < -0.39 is 12.1 Å². The summed E-state index contributed by atoms with van der Waals surface area (Å²) in [4.78, 5) is 38.8. The number of benzene rings is 2. The first-order valence-electron chi connectivity index (χ1n) is 9.74. The monoisotopic (exact) mass is 395 g/mol. The van der Waals surface area contributed by atoms with E-state index in [1.807, 2.05) is 54.6 Å². The summed E-state index contributed by atoms with van der Waals surface area (Å²) in [5.41, 5.74) is 2.69. The maximum Gasteiger partial charge on any atom is 0.315 e. The molecule has 0 unspecified atom stereocenters. The van der Waals surface area contributed by atoms with E-state index in [1.54, 1.807) is 11.8 Å². The number of nitrogens with zero attached hydrogens (tertiary/aromatic N) is 1. The Hall–Kier alpha value is -3.35. The molecule has 0 spiro atoms. The van der Waals surface area contributed by atoms with Gasteiger partial charge in [-0.1, -0.05) is 48.5 Å². The molecule has 7 heteroatoms. The Morgan fingerprint density at radius 2 is 1.79 bits per heavy atom. The van der Waals surface area contributed by atoms with Crippen molar-refractivity contribution < 1.29 is 19.1 Å². The molecule has 0 fully saturated rings. The number of ether oxygens (including phenoxy) is 1. The van der Waals surface area contributed by atoms with Gasteiger partial charge in [0.05, 0.1) is 13.0 Å². The van der Waals surface area contributed by atoms with Crippen LogP contribution in [0.2, 0.25) is 0 Å². The predicted molar refractivity (Wildman–Crippen MR) is 109 cm³/mol. The van der Waals surface area contributed by atoms with Crippen LogP contribution in [0.3, 0.4) is 0 Å². The predicted octanol–water partition coefficient (Wildman–Crippen LogP) is 2.57. The van der Waals surface area contributed by atoms with Gasteiger partial charge in [-0.25, -0.2) is 4.79 Å². The molecule has 1 heterocycles. The lowest BCUT2D eigenvalue weighted by atomic mass is 10.1. The minimum absolute atomic E-state index is 0.0741. The summed E-state index contributed by atoms with van der Waals surface area (Å²) in [6.45, 7) is 2.73. The molecule has 1 aliphatic rings. The molecule has 2 aromatic rings. The minimum atomic E-state index is -0.829. The summed E-state index contributed by atoms with van der Waals surface area (Å²) in [5, 5.41) is 5.37. The Morgan fingerprint density at radius 3 is 2.55 bits per heavy atom. The lowest BCUT2D eigenvalue weighted by molar-refractivity contribution is -0.142. The molecule has 3 rings (SSSR count). The lowest BCUT2D eigenvalue weighted by Crippen LogP contribution is -2.46. The summed E-state index contributed by atoms with van der Waals surface area (Å²) in [6, 6.07) is 15.6. The molecule has 7 nitrogen and oxygen atoms in total. The topological polar surface area (TPSA) is 87.7 Å². The van der Waals surface area contributed by atoms with Gasteiger partial charge >= 0.3 is 12.0 Å². The smallest absolute Gasteiger partial charge is 0.315 e. The van der Waals surface area contributed by atoms with Crippen LogP contribution in [0.1, 0.15) is 30.5 Å². The summed E-state index contributed by atoms with van der Waals surface area (Å²) >= 11 is 0. The Labute approximate surface area is 170 Å². The van der Waals surface area contributed by atoms with Crippen LogP contribution in [0.15, 0.2) is 54.6 Å². The highest BCUT2D eigenvalue weighted by atomic mass is 16.5. The number of anilines is 1. The van der Waals surface area contributed by atoms with Crippen LogP contribution in [-0.2, 0) is 20.7 Å². The van der Waals surface area contributed by atoms with Crippen LogP contribution in [0.5, 0.6) is 0 Å². The standard InChI is InChI=1S/C22H25N3O4/c1-2-29-19(26)12-14-23-22(28)24-20(17-9-4-3-5-10-17)21(27)25-15-13-16-8-6-7-11-18(16)25/h3-11,20H,2,12-15H2,1H3,(H2,23,24,28)/t20-/m0/s1. The molecular weight excluding hydrogens is 370 g/mol. The number of esters is 1. The molecule has 1 aliphatic heterocycles. The zero-order chi connectivity index (χ0) is 20.6. The highest BCUT2D eigenvalue weighted by Gasteiger charge is 2.32. The Kier molecular flexibility index (Phi) is 6.84. The van der Waals surface area contributed by atoms with Gasteiger partial charge in [0.15, 0.2) is 0 Å². The normalized spacial score (nSPS) is 13.3. The molecule has 29 heavy (non-hydrogen) atoms. The fraction of sp³-hybridized carbons (Fsp3) is 0.318. The van der Waals surface area contributed by atoms with E-state index in [1.165, 1.54) is 0 Å². The van der Waals surface area contributed by atoms with E-state index in [-0.39, 0.29) is 24.8 Å². The summed E-state index contributed by atoms with van der Waals surface area (Å²) in [5.74, 6) is -0.571. The largest absolute Gasteiger partial charge is 0.466 e. The highest BCUT2D eigenvalue weighted by Crippen LogP contribution is 2.30. The van der Waals surface area contributed by atoms with E-state index in [9.17, 15) is 14.4 Å². The fourth-order valence-corrected chi connectivity index (χ4v) is 3.35. The van der Waals surface area contributed by atoms with Gasteiger partial charge in [0.25, 0.3) is 5.91 Å². The van der Waals surface area contributed by atoms with Gasteiger partial charge in [0, 0.05) is 18.8 Å². The van der Waals surface area contributed by atoms with E-state index >= 15 is 0 Å². The number of nitrogens with one attached hydrogen (secondary N) is 2. The zero-order valence-electron chi connectivity index (χ0n) is 16.4. The number of hydrogen-bond donors (Lipinski definition) is 2. The number of carbonyl (C=O) groups excluding carboxylic acids is 3. The van der Waals surface area contributed by atoms with Crippen LogP contribution >= 0.6 is 0 Å². The van der Waals surface area contributed by atoms with Crippen molar-refractivity contribution in [3.8, 4) is 0 Å². The summed E-state index contributed by atoms with van der Waals surface area (Å²) < 4.78 is 4.84. The van der Waals surface area contributed by atoms with Crippen molar-refractivity contribution >= 4 is 23.6 Å². The molecule has 2 N–H and O–H groups in total. The minimum Gasteiger partial charge on any atom is -0.466 e. The average molecular weight is 395 g/mol. The van der Waals surface area contributed by atoms with Crippen LogP contribution in [0.4, 0.5) is 10.5 Å². The Bertz CT molecular complexity index is 869. The maximum atomic E-state index is 13.3. The van der Waals surface area contributed by atoms with Crippen molar-refractivity contribution in [2.75, 3.05) is 24.6 Å². The number of hydrogen-bond acceptors (Lipinski definition) is 4. The first kappa shape index (κ1) is 20.4. The molecular formula is C22H25N3O4. The number of rotatable bonds is 7. The molecule has 0 bridgehead atoms. The van der Waals surface area contributed by atoms with Gasteiger partial charge in [-0.15, -0.1) is 0 Å². The van der Waals surface area contributed by atoms with Gasteiger partial charge < -0.3 is 20.3 Å². The molecule has 0 aromatic heterocycles. The molecule has 0 radical (unpaired) electrons. The van der Waals surface area contributed by atoms with Crippen molar-refractivity contribution in [2.45, 2.75) is 25.8 Å². The summed E-state index contributed by atoms with van der Waals surface area (Å²) in [6.07, 6.45) is 0.861. The molecule has 2 aromatic carbocycles. The van der Waals surface area contributed by atoms with E-state index in [2.05, 4.69) is 10.6 Å². The lowest BCUT2D eigenvalue weighted by Gasteiger charge is -2.25. The van der Waals surface area contributed by atoms with Gasteiger partial charge in [0.2, 0.25) is 0 Å². The first-order valence-corrected chi connectivity index (χ1v) is 9.74. The van der Waals surface area contributed by atoms with Crippen molar-refractivity contribution in [3.63, 3.8) is 0 Å². The zero-order valence-corrected chi connectivity index (χ0v) is 16.4. The second-order valence-electron chi connectivity index (χ2n) is 6.67. The SMILES string of the molecule is CCOC(=O)CCNC(=O)N[C@H](C(=O)N1CCc2ccccc21)c1ccccc1. The van der Waals surface area contributed by atoms with Crippen LogP contribution in [-0.4, -0.2) is 37.6 Å². The fourth-order valence-electron chi connectivity index (χ4n) is 3.35. The number of fused-ring (bicyclic) bond motifs is 1. The molecule has 152 valence electrons. The van der Waals surface area contributed by atoms with Crippen LogP contribution in [0, 0.1) is 0 Å². The average Bonchev–Trinajstić information content (AvgIpc) is 3.16. The number of carbonyl (C=O) groups is 3. The molecule has 0 saturated carbocycles. The van der Waals surface area contributed by atoms with Crippen molar-refractivity contribution in [2.24, 2.45) is 0 Å². The van der Waals surface area contributed by atoms with Crippen molar-refractivity contribution in [1.82, 2.24) is 10.6 Å². The maximum absolute atomic E-state index is 13.3. The molecule has 0 aliphatic carbocycles.